The number of benzene rings is 1. The van der Waals surface area contributed by atoms with Gasteiger partial charge >= 0.3 is 0 Å². The van der Waals surface area contributed by atoms with E-state index in [0.29, 0.717) is 19.3 Å². The summed E-state index contributed by atoms with van der Waals surface area (Å²) in [6.07, 6.45) is -0.944. The molecule has 0 saturated carbocycles. The van der Waals surface area contributed by atoms with Crippen LogP contribution in [0.5, 0.6) is 0 Å². The van der Waals surface area contributed by atoms with Gasteiger partial charge in [-0.25, -0.2) is 4.39 Å². The van der Waals surface area contributed by atoms with E-state index in [1.807, 2.05) is 30.3 Å². The van der Waals surface area contributed by atoms with Crippen LogP contribution in [-0.2, 0) is 4.79 Å². The first-order valence-electron chi connectivity index (χ1n) is 8.57. The maximum Gasteiger partial charge on any atom is 0.219 e. The molecule has 24 heavy (non-hydrogen) atoms. The van der Waals surface area contributed by atoms with Gasteiger partial charge in [-0.2, -0.15) is 0 Å². The molecular weight excluding hydrogens is 311 g/mol. The summed E-state index contributed by atoms with van der Waals surface area (Å²) in [6, 6.07) is 8.73. The third-order valence-electron chi connectivity index (χ3n) is 4.71. The van der Waals surface area contributed by atoms with E-state index in [-0.39, 0.29) is 31.0 Å². The van der Waals surface area contributed by atoms with Crippen LogP contribution in [0.25, 0.3) is 0 Å². The smallest absolute Gasteiger partial charge is 0.219 e. The molecule has 1 aliphatic heterocycles. The lowest BCUT2D eigenvalue weighted by atomic mass is 9.92. The van der Waals surface area contributed by atoms with Crippen molar-refractivity contribution in [3.8, 4) is 0 Å². The molecule has 6 heteroatoms. The molecule has 0 bridgehead atoms. The molecule has 5 atom stereocenters. The summed E-state index contributed by atoms with van der Waals surface area (Å²) in [4.78, 5) is 11.3. The predicted molar refractivity (Wildman–Crippen MR) is 90.4 cm³/mol. The molecule has 5 nitrogen and oxygen atoms in total. The minimum Gasteiger partial charge on any atom is -0.396 e. The molecule has 0 spiro atoms. The number of carbonyl (C=O) groups is 1. The molecule has 0 aromatic heterocycles. The summed E-state index contributed by atoms with van der Waals surface area (Å²) in [7, 11) is 0. The van der Waals surface area contributed by atoms with Gasteiger partial charge in [0.15, 0.2) is 0 Å². The van der Waals surface area contributed by atoms with Gasteiger partial charge in [0.2, 0.25) is 5.91 Å². The van der Waals surface area contributed by atoms with Gasteiger partial charge in [-0.1, -0.05) is 37.3 Å². The molecule has 1 unspecified atom stereocenters. The number of rotatable bonds is 8. The highest BCUT2D eigenvalue weighted by molar-refractivity contribution is 5.75. The second kappa shape index (κ2) is 9.11. The maximum absolute atomic E-state index is 14.2. The first-order chi connectivity index (χ1) is 11.6. The van der Waals surface area contributed by atoms with E-state index in [0.717, 1.165) is 5.56 Å². The Kier molecular flexibility index (Phi) is 7.15. The topological polar surface area (TPSA) is 81.6 Å². The first kappa shape index (κ1) is 18.8. The fourth-order valence-electron chi connectivity index (χ4n) is 3.17. The van der Waals surface area contributed by atoms with E-state index < -0.39 is 18.3 Å². The lowest BCUT2D eigenvalue weighted by molar-refractivity contribution is -0.120. The van der Waals surface area contributed by atoms with Gasteiger partial charge in [0.25, 0.3) is 0 Å². The molecule has 134 valence electrons. The summed E-state index contributed by atoms with van der Waals surface area (Å²) in [5.74, 6) is -0.163. The summed E-state index contributed by atoms with van der Waals surface area (Å²) < 4.78 is 14.2. The number of hydrogen-bond acceptors (Lipinski definition) is 4. The van der Waals surface area contributed by atoms with Gasteiger partial charge in [-0.05, 0) is 18.4 Å². The lowest BCUT2D eigenvalue weighted by Crippen LogP contribution is -2.42. The number of carbonyl (C=O) groups excluding carboxylic acids is 1. The van der Waals surface area contributed by atoms with Crippen molar-refractivity contribution < 1.29 is 19.4 Å². The monoisotopic (exact) mass is 338 g/mol. The van der Waals surface area contributed by atoms with Gasteiger partial charge in [0.1, 0.15) is 12.3 Å². The zero-order chi connectivity index (χ0) is 17.5. The molecule has 1 aliphatic rings. The zero-order valence-corrected chi connectivity index (χ0v) is 14.0. The molecule has 1 amide bonds. The van der Waals surface area contributed by atoms with Crippen LogP contribution in [0.4, 0.5) is 4.39 Å². The third-order valence-corrected chi connectivity index (χ3v) is 4.71. The molecule has 4 N–H and O–H groups in total. The summed E-state index contributed by atoms with van der Waals surface area (Å²) in [6.45, 7) is 1.92. The number of aliphatic hydroxyl groups is 2. The zero-order valence-electron chi connectivity index (χ0n) is 14.0. The Morgan fingerprint density at radius 1 is 1.33 bits per heavy atom. The number of amides is 1. The SMILES string of the molecule is CCC(=O)NC[C@H]1N[C@H](CCC(CO)c2ccccc2)[C@@H](O)[C@H]1F. The number of nitrogens with one attached hydrogen (secondary N) is 2. The quantitative estimate of drug-likeness (QED) is 0.572. The van der Waals surface area contributed by atoms with Crippen LogP contribution in [0, 0.1) is 0 Å². The largest absolute Gasteiger partial charge is 0.396 e. The highest BCUT2D eigenvalue weighted by Gasteiger charge is 2.42. The van der Waals surface area contributed by atoms with E-state index in [9.17, 15) is 19.4 Å². The van der Waals surface area contributed by atoms with E-state index in [2.05, 4.69) is 10.6 Å². The second-order valence-electron chi connectivity index (χ2n) is 6.34. The maximum atomic E-state index is 14.2. The molecule has 0 aliphatic carbocycles. The predicted octanol–water partition coefficient (Wildman–Crippen LogP) is 1.11. The minimum atomic E-state index is -1.41. The van der Waals surface area contributed by atoms with Crippen LogP contribution in [-0.4, -0.2) is 53.6 Å². The second-order valence-corrected chi connectivity index (χ2v) is 6.34. The highest BCUT2D eigenvalue weighted by atomic mass is 19.1. The fourth-order valence-corrected chi connectivity index (χ4v) is 3.17. The molecule has 0 radical (unpaired) electrons. The Balaban J connectivity index is 1.87. The molecular formula is C18H27FN2O3. The van der Waals surface area contributed by atoms with E-state index in [1.165, 1.54) is 0 Å². The Hall–Kier alpha value is -1.50. The Bertz CT molecular complexity index is 514. The molecule has 2 rings (SSSR count). The minimum absolute atomic E-state index is 0.0157. The number of alkyl halides is 1. The Morgan fingerprint density at radius 3 is 2.67 bits per heavy atom. The van der Waals surface area contributed by atoms with Crippen molar-refractivity contribution in [3.63, 3.8) is 0 Å². The average Bonchev–Trinajstić information content (AvgIpc) is 2.89. The first-order valence-corrected chi connectivity index (χ1v) is 8.57. The van der Waals surface area contributed by atoms with E-state index in [4.69, 9.17) is 0 Å². The molecule has 1 fully saturated rings. The van der Waals surface area contributed by atoms with Crippen molar-refractivity contribution in [2.24, 2.45) is 0 Å². The van der Waals surface area contributed by atoms with E-state index >= 15 is 0 Å². The van der Waals surface area contributed by atoms with Crippen LogP contribution in [0.1, 0.15) is 37.7 Å². The summed E-state index contributed by atoms with van der Waals surface area (Å²) in [5, 5.41) is 25.4. The molecule has 1 aromatic rings. The van der Waals surface area contributed by atoms with Crippen molar-refractivity contribution in [2.45, 2.75) is 56.5 Å². The lowest BCUT2D eigenvalue weighted by Gasteiger charge is -2.20. The van der Waals surface area contributed by atoms with Crippen LogP contribution in [0.3, 0.4) is 0 Å². The molecule has 1 aromatic carbocycles. The number of aliphatic hydroxyl groups excluding tert-OH is 2. The van der Waals surface area contributed by atoms with Gasteiger partial charge in [0.05, 0.1) is 6.04 Å². The third kappa shape index (κ3) is 4.75. The Morgan fingerprint density at radius 2 is 2.04 bits per heavy atom. The number of halogens is 1. The van der Waals surface area contributed by atoms with Gasteiger partial charge in [-0.15, -0.1) is 0 Å². The van der Waals surface area contributed by atoms with Crippen LogP contribution in [0.2, 0.25) is 0 Å². The van der Waals surface area contributed by atoms with Crippen molar-refractivity contribution in [2.75, 3.05) is 13.2 Å². The normalized spacial score (nSPS) is 27.8. The van der Waals surface area contributed by atoms with Crippen molar-refractivity contribution in [1.82, 2.24) is 10.6 Å². The van der Waals surface area contributed by atoms with Crippen molar-refractivity contribution >= 4 is 5.91 Å². The van der Waals surface area contributed by atoms with E-state index in [1.54, 1.807) is 6.92 Å². The van der Waals surface area contributed by atoms with Gasteiger partial charge in [0, 0.05) is 31.5 Å². The van der Waals surface area contributed by atoms with Gasteiger partial charge in [-0.3, -0.25) is 4.79 Å². The molecule has 1 saturated heterocycles. The van der Waals surface area contributed by atoms with Crippen molar-refractivity contribution in [1.29, 1.82) is 0 Å². The van der Waals surface area contributed by atoms with Crippen LogP contribution < -0.4 is 10.6 Å². The van der Waals surface area contributed by atoms with Crippen LogP contribution in [0.15, 0.2) is 30.3 Å². The number of hydrogen-bond donors (Lipinski definition) is 4. The van der Waals surface area contributed by atoms with Gasteiger partial charge < -0.3 is 20.8 Å². The fraction of sp³-hybridized carbons (Fsp3) is 0.611. The Labute approximate surface area is 142 Å². The van der Waals surface area contributed by atoms with Crippen LogP contribution >= 0.6 is 0 Å². The average molecular weight is 338 g/mol. The molecule has 1 heterocycles. The van der Waals surface area contributed by atoms with Crippen molar-refractivity contribution in [3.05, 3.63) is 35.9 Å². The summed E-state index contributed by atoms with van der Waals surface area (Å²) >= 11 is 0. The standard InChI is InChI=1S/C18H27FN2O3/c1-2-16(23)20-10-15-17(19)18(24)14(21-15)9-8-13(11-22)12-6-4-3-5-7-12/h3-7,13-15,17-18,21-22,24H,2,8-11H2,1H3,(H,20,23)/t13?,14-,15-,17+,18-/m1/s1. The summed E-state index contributed by atoms with van der Waals surface area (Å²) in [5.41, 5.74) is 1.04. The highest BCUT2D eigenvalue weighted by Crippen LogP contribution is 2.26.